The molecule has 126 valence electrons. The van der Waals surface area contributed by atoms with Crippen molar-refractivity contribution in [3.05, 3.63) is 57.6 Å². The van der Waals surface area contributed by atoms with Gasteiger partial charge in [0.1, 0.15) is 0 Å². The summed E-state index contributed by atoms with van der Waals surface area (Å²) in [6.07, 6.45) is 0.703. The fourth-order valence-electron chi connectivity index (χ4n) is 2.11. The molecule has 2 aromatic carbocycles. The molecule has 0 heterocycles. The van der Waals surface area contributed by atoms with Crippen molar-refractivity contribution in [1.29, 1.82) is 0 Å². The first-order valence-electron chi connectivity index (χ1n) is 7.32. The highest BCUT2D eigenvalue weighted by Crippen LogP contribution is 2.32. The van der Waals surface area contributed by atoms with E-state index < -0.39 is 0 Å². The molecule has 1 amide bonds. The summed E-state index contributed by atoms with van der Waals surface area (Å²) in [5.41, 5.74) is 2.59. The number of carbonyl (C=O) groups is 2. The van der Waals surface area contributed by atoms with Crippen molar-refractivity contribution < 1.29 is 19.1 Å². The Morgan fingerprint density at radius 1 is 1.25 bits per heavy atom. The Labute approximate surface area is 149 Å². The third-order valence-electron chi connectivity index (χ3n) is 3.51. The second-order valence-corrected chi connectivity index (χ2v) is 5.99. The predicted molar refractivity (Wildman–Crippen MR) is 94.6 cm³/mol. The minimum atomic E-state index is -0.254. The normalized spacial score (nSPS) is 10.1. The van der Waals surface area contributed by atoms with E-state index in [1.165, 1.54) is 13.2 Å². The fourth-order valence-corrected chi connectivity index (χ4v) is 2.53. The number of rotatable bonds is 7. The van der Waals surface area contributed by atoms with Gasteiger partial charge in [0.15, 0.2) is 24.4 Å². The number of halogens is 1. The van der Waals surface area contributed by atoms with Crippen LogP contribution in [0.5, 0.6) is 11.5 Å². The zero-order valence-electron chi connectivity index (χ0n) is 13.5. The average molecular weight is 392 g/mol. The van der Waals surface area contributed by atoms with Crippen molar-refractivity contribution in [2.45, 2.75) is 13.5 Å². The summed E-state index contributed by atoms with van der Waals surface area (Å²) in [4.78, 5) is 23.0. The molecule has 0 saturated carbocycles. The smallest absolute Gasteiger partial charge is 0.258 e. The zero-order chi connectivity index (χ0) is 17.5. The highest BCUT2D eigenvalue weighted by Gasteiger charge is 2.12. The zero-order valence-corrected chi connectivity index (χ0v) is 15.1. The largest absolute Gasteiger partial charge is 0.493 e. The number of carbonyl (C=O) groups excluding carboxylic acids is 2. The van der Waals surface area contributed by atoms with Gasteiger partial charge in [-0.15, -0.1) is 0 Å². The first kappa shape index (κ1) is 18.0. The molecule has 0 aromatic heterocycles. The summed E-state index contributed by atoms with van der Waals surface area (Å²) in [6.45, 7) is 2.26. The Morgan fingerprint density at radius 2 is 2.00 bits per heavy atom. The van der Waals surface area contributed by atoms with Crippen molar-refractivity contribution >= 4 is 28.1 Å². The van der Waals surface area contributed by atoms with Crippen LogP contribution in [0.4, 0.5) is 0 Å². The first-order chi connectivity index (χ1) is 11.5. The van der Waals surface area contributed by atoms with Gasteiger partial charge >= 0.3 is 0 Å². The third kappa shape index (κ3) is 4.58. The topological polar surface area (TPSA) is 64.6 Å². The Morgan fingerprint density at radius 3 is 2.67 bits per heavy atom. The van der Waals surface area contributed by atoms with E-state index in [1.54, 1.807) is 6.07 Å². The summed E-state index contributed by atoms with van der Waals surface area (Å²) < 4.78 is 11.3. The molecule has 0 saturated heterocycles. The van der Waals surface area contributed by atoms with Crippen LogP contribution in [0.3, 0.4) is 0 Å². The van der Waals surface area contributed by atoms with Gasteiger partial charge < -0.3 is 14.8 Å². The lowest BCUT2D eigenvalue weighted by Crippen LogP contribution is -2.28. The molecule has 24 heavy (non-hydrogen) atoms. The van der Waals surface area contributed by atoms with E-state index >= 15 is 0 Å². The Kier molecular flexibility index (Phi) is 6.37. The maximum atomic E-state index is 12.0. The van der Waals surface area contributed by atoms with E-state index in [0.29, 0.717) is 34.4 Å². The highest BCUT2D eigenvalue weighted by atomic mass is 79.9. The number of hydrogen-bond donors (Lipinski definition) is 1. The lowest BCUT2D eigenvalue weighted by Gasteiger charge is -2.12. The van der Waals surface area contributed by atoms with Crippen LogP contribution in [0.15, 0.2) is 40.9 Å². The minimum Gasteiger partial charge on any atom is -0.493 e. The number of aryl methyl sites for hydroxylation is 1. The summed E-state index contributed by atoms with van der Waals surface area (Å²) in [7, 11) is 1.49. The predicted octanol–water partition coefficient (Wildman–Crippen LogP) is 3.27. The molecule has 0 aliphatic carbocycles. The second kappa shape index (κ2) is 8.49. The molecule has 2 aromatic rings. The van der Waals surface area contributed by atoms with Crippen molar-refractivity contribution in [1.82, 2.24) is 5.32 Å². The van der Waals surface area contributed by atoms with Gasteiger partial charge in [-0.2, -0.15) is 0 Å². The molecule has 0 radical (unpaired) electrons. The number of amides is 1. The third-order valence-corrected chi connectivity index (χ3v) is 4.19. The number of aldehydes is 1. The molecule has 1 N–H and O–H groups in total. The van der Waals surface area contributed by atoms with Crippen LogP contribution in [0.1, 0.15) is 21.5 Å². The van der Waals surface area contributed by atoms with Gasteiger partial charge in [0, 0.05) is 16.6 Å². The molecule has 0 spiro atoms. The van der Waals surface area contributed by atoms with Gasteiger partial charge in [0.05, 0.1) is 7.11 Å². The van der Waals surface area contributed by atoms with Crippen molar-refractivity contribution in [3.8, 4) is 11.5 Å². The Bertz CT molecular complexity index is 746. The van der Waals surface area contributed by atoms with Crippen LogP contribution in [0.2, 0.25) is 0 Å². The van der Waals surface area contributed by atoms with Crippen molar-refractivity contribution in [3.63, 3.8) is 0 Å². The molecular formula is C18H18BrNO4. The molecule has 6 heteroatoms. The van der Waals surface area contributed by atoms with E-state index in [1.807, 2.05) is 31.2 Å². The second-order valence-electron chi connectivity index (χ2n) is 5.13. The van der Waals surface area contributed by atoms with E-state index in [9.17, 15) is 9.59 Å². The summed E-state index contributed by atoms with van der Waals surface area (Å²) in [6, 6.07) is 11.0. The number of hydrogen-bond acceptors (Lipinski definition) is 4. The van der Waals surface area contributed by atoms with E-state index in [0.717, 1.165) is 11.1 Å². The Hall–Kier alpha value is -2.34. The monoisotopic (exact) mass is 391 g/mol. The number of benzene rings is 2. The molecule has 0 bridgehead atoms. The van der Waals surface area contributed by atoms with E-state index in [-0.39, 0.29) is 12.5 Å². The van der Waals surface area contributed by atoms with Crippen LogP contribution in [0.25, 0.3) is 0 Å². The van der Waals surface area contributed by atoms with Gasteiger partial charge in [0.25, 0.3) is 5.91 Å². The summed E-state index contributed by atoms with van der Waals surface area (Å²) >= 11 is 3.27. The van der Waals surface area contributed by atoms with Crippen LogP contribution in [-0.2, 0) is 11.3 Å². The molecule has 0 aliphatic heterocycles. The quantitative estimate of drug-likeness (QED) is 0.735. The minimum absolute atomic E-state index is 0.165. The van der Waals surface area contributed by atoms with Crippen LogP contribution in [-0.4, -0.2) is 25.9 Å². The molecule has 0 unspecified atom stereocenters. The van der Waals surface area contributed by atoms with Crippen LogP contribution < -0.4 is 14.8 Å². The molecule has 2 rings (SSSR count). The van der Waals surface area contributed by atoms with Crippen molar-refractivity contribution in [2.24, 2.45) is 0 Å². The van der Waals surface area contributed by atoms with Crippen LogP contribution >= 0.6 is 15.9 Å². The van der Waals surface area contributed by atoms with Gasteiger partial charge in [-0.1, -0.05) is 24.3 Å². The molecular weight excluding hydrogens is 374 g/mol. The molecule has 0 atom stereocenters. The Balaban J connectivity index is 1.96. The van der Waals surface area contributed by atoms with Gasteiger partial charge in [-0.05, 0) is 46.1 Å². The SMILES string of the molecule is COc1cc(Br)c(C=O)cc1OCC(=O)NCc1ccccc1C. The van der Waals surface area contributed by atoms with Gasteiger partial charge in [0.2, 0.25) is 0 Å². The maximum Gasteiger partial charge on any atom is 0.258 e. The molecule has 5 nitrogen and oxygen atoms in total. The highest BCUT2D eigenvalue weighted by molar-refractivity contribution is 9.10. The van der Waals surface area contributed by atoms with Gasteiger partial charge in [-0.25, -0.2) is 0 Å². The molecule has 0 aliphatic rings. The number of nitrogens with one attached hydrogen (secondary N) is 1. The van der Waals surface area contributed by atoms with Crippen LogP contribution in [0, 0.1) is 6.92 Å². The first-order valence-corrected chi connectivity index (χ1v) is 8.11. The number of methoxy groups -OCH3 is 1. The standard InChI is InChI=1S/C18H18BrNO4/c1-12-5-3-4-6-13(12)9-20-18(22)11-24-17-7-14(10-21)15(19)8-16(17)23-2/h3-8,10H,9,11H2,1-2H3,(H,20,22). The number of ether oxygens (including phenoxy) is 2. The molecule has 0 fully saturated rings. The lowest BCUT2D eigenvalue weighted by molar-refractivity contribution is -0.123. The summed E-state index contributed by atoms with van der Waals surface area (Å²) in [5.74, 6) is 0.531. The lowest BCUT2D eigenvalue weighted by atomic mass is 10.1. The van der Waals surface area contributed by atoms with E-state index in [2.05, 4.69) is 21.2 Å². The average Bonchev–Trinajstić information content (AvgIpc) is 2.59. The fraction of sp³-hybridized carbons (Fsp3) is 0.222. The van der Waals surface area contributed by atoms with Crippen molar-refractivity contribution in [2.75, 3.05) is 13.7 Å². The van der Waals surface area contributed by atoms with E-state index in [4.69, 9.17) is 9.47 Å². The van der Waals surface area contributed by atoms with Gasteiger partial charge in [-0.3, -0.25) is 9.59 Å². The maximum absolute atomic E-state index is 12.0. The summed E-state index contributed by atoms with van der Waals surface area (Å²) in [5, 5.41) is 2.80.